The van der Waals surface area contributed by atoms with Gasteiger partial charge in [0.05, 0.1) is 34.2 Å². The summed E-state index contributed by atoms with van der Waals surface area (Å²) in [6.07, 6.45) is 1.94. The number of benzene rings is 3. The van der Waals surface area contributed by atoms with Gasteiger partial charge in [-0.25, -0.2) is 14.2 Å². The molecule has 1 atom stereocenters. The number of thiophene rings is 1. The number of halogens is 1. The minimum Gasteiger partial charge on any atom is -0.497 e. The van der Waals surface area contributed by atoms with Gasteiger partial charge >= 0.3 is 5.97 Å². The van der Waals surface area contributed by atoms with Crippen LogP contribution in [0.4, 0.5) is 4.39 Å². The summed E-state index contributed by atoms with van der Waals surface area (Å²) >= 11 is 1.22. The average Bonchev–Trinajstić information content (AvgIpc) is 3.76. The second kappa shape index (κ2) is 11.5. The van der Waals surface area contributed by atoms with E-state index in [1.807, 2.05) is 64.1 Å². The van der Waals surface area contributed by atoms with Crippen LogP contribution in [0, 0.1) is 5.82 Å². The standard InChI is InChI=1S/C36H30FN3O4S/c1-21-7-6-16-39(21)32(41)20-40-30-19-31(36(42)43)45-35(30)33(22-8-4-3-5-9-22)34(40)24-11-14-28-23(17-24)10-15-29(38-28)26-18-25(44-2)12-13-27(26)37/h3-5,8-15,17-19,21H,6-7,16,20H2,1-2H3,(H,42,43). The lowest BCUT2D eigenvalue weighted by molar-refractivity contribution is -0.132. The Morgan fingerprint density at radius 3 is 2.58 bits per heavy atom. The van der Waals surface area contributed by atoms with Gasteiger partial charge in [-0.1, -0.05) is 42.5 Å². The number of hydrogen-bond acceptors (Lipinski definition) is 5. The molecule has 7 rings (SSSR count). The molecule has 0 bridgehead atoms. The van der Waals surface area contributed by atoms with Crippen molar-refractivity contribution in [3.8, 4) is 39.4 Å². The molecule has 1 unspecified atom stereocenters. The Kier molecular flexibility index (Phi) is 7.33. The van der Waals surface area contributed by atoms with Crippen LogP contribution in [-0.2, 0) is 11.3 Å². The van der Waals surface area contributed by atoms with Crippen molar-refractivity contribution in [3.05, 3.63) is 95.6 Å². The Morgan fingerprint density at radius 2 is 1.84 bits per heavy atom. The minimum absolute atomic E-state index is 0.00764. The number of carbonyl (C=O) groups is 2. The van der Waals surface area contributed by atoms with Crippen molar-refractivity contribution in [1.29, 1.82) is 0 Å². The van der Waals surface area contributed by atoms with E-state index >= 15 is 0 Å². The summed E-state index contributed by atoms with van der Waals surface area (Å²) in [5.41, 5.74) is 5.77. The van der Waals surface area contributed by atoms with E-state index in [9.17, 15) is 19.1 Å². The van der Waals surface area contributed by atoms with Crippen LogP contribution in [0.5, 0.6) is 5.75 Å². The van der Waals surface area contributed by atoms with Crippen molar-refractivity contribution in [2.24, 2.45) is 0 Å². The minimum atomic E-state index is -0.997. The van der Waals surface area contributed by atoms with Crippen molar-refractivity contribution in [3.63, 3.8) is 0 Å². The van der Waals surface area contributed by atoms with E-state index in [0.717, 1.165) is 45.3 Å². The Hall–Kier alpha value is -5.02. The van der Waals surface area contributed by atoms with Gasteiger partial charge in [0, 0.05) is 29.1 Å². The van der Waals surface area contributed by atoms with Gasteiger partial charge < -0.3 is 19.3 Å². The van der Waals surface area contributed by atoms with Crippen LogP contribution in [0.2, 0.25) is 0 Å². The molecule has 0 radical (unpaired) electrons. The molecular formula is C36H30FN3O4S. The number of nitrogens with zero attached hydrogens (tertiary/aromatic N) is 3. The highest BCUT2D eigenvalue weighted by Gasteiger charge is 2.29. The number of carbonyl (C=O) groups excluding carboxylic acids is 1. The number of aromatic nitrogens is 2. The zero-order chi connectivity index (χ0) is 31.2. The molecule has 1 aliphatic heterocycles. The molecule has 1 amide bonds. The van der Waals surface area contributed by atoms with E-state index in [1.165, 1.54) is 24.5 Å². The topological polar surface area (TPSA) is 84.7 Å². The molecule has 226 valence electrons. The lowest BCUT2D eigenvalue weighted by atomic mass is 9.99. The summed E-state index contributed by atoms with van der Waals surface area (Å²) in [6, 6.07) is 25.9. The highest BCUT2D eigenvalue weighted by molar-refractivity contribution is 7.21. The summed E-state index contributed by atoms with van der Waals surface area (Å²) in [6.45, 7) is 2.87. The molecule has 7 nitrogen and oxygen atoms in total. The first kappa shape index (κ1) is 28.7. The first-order chi connectivity index (χ1) is 21.8. The third-order valence-electron chi connectivity index (χ3n) is 8.59. The van der Waals surface area contributed by atoms with Crippen LogP contribution in [0.1, 0.15) is 29.4 Å². The van der Waals surface area contributed by atoms with Crippen molar-refractivity contribution in [1.82, 2.24) is 14.5 Å². The Balaban J connectivity index is 1.42. The predicted molar refractivity (Wildman–Crippen MR) is 175 cm³/mol. The molecule has 4 heterocycles. The number of fused-ring (bicyclic) bond motifs is 2. The van der Waals surface area contributed by atoms with Crippen molar-refractivity contribution in [2.45, 2.75) is 32.4 Å². The van der Waals surface area contributed by atoms with E-state index in [1.54, 1.807) is 24.3 Å². The molecule has 0 saturated carbocycles. The summed E-state index contributed by atoms with van der Waals surface area (Å²) in [4.78, 5) is 32.7. The summed E-state index contributed by atoms with van der Waals surface area (Å²) in [7, 11) is 1.54. The van der Waals surface area contributed by atoms with Gasteiger partial charge in [0.15, 0.2) is 0 Å². The van der Waals surface area contributed by atoms with Crippen molar-refractivity contribution >= 4 is 44.3 Å². The number of rotatable bonds is 7. The second-order valence-electron chi connectivity index (χ2n) is 11.3. The number of pyridine rings is 1. The fourth-order valence-corrected chi connectivity index (χ4v) is 7.41. The second-order valence-corrected chi connectivity index (χ2v) is 12.4. The Bertz CT molecular complexity index is 2100. The highest BCUT2D eigenvalue weighted by atomic mass is 32.1. The van der Waals surface area contributed by atoms with Crippen LogP contribution >= 0.6 is 11.3 Å². The van der Waals surface area contributed by atoms with Gasteiger partial charge in [0.1, 0.15) is 23.0 Å². The first-order valence-corrected chi connectivity index (χ1v) is 15.6. The summed E-state index contributed by atoms with van der Waals surface area (Å²) in [5.74, 6) is -0.833. The molecule has 3 aromatic carbocycles. The molecule has 1 N–H and O–H groups in total. The number of amides is 1. The van der Waals surface area contributed by atoms with Crippen LogP contribution in [-0.4, -0.2) is 51.1 Å². The Labute approximate surface area is 263 Å². The van der Waals surface area contributed by atoms with Gasteiger partial charge in [-0.05, 0) is 73.4 Å². The zero-order valence-electron chi connectivity index (χ0n) is 24.8. The number of carboxylic acids is 1. The van der Waals surface area contributed by atoms with Crippen molar-refractivity contribution < 1.29 is 23.8 Å². The zero-order valence-corrected chi connectivity index (χ0v) is 25.6. The molecule has 9 heteroatoms. The maximum atomic E-state index is 14.8. The maximum Gasteiger partial charge on any atom is 0.345 e. The normalized spacial score (nSPS) is 14.8. The monoisotopic (exact) mass is 619 g/mol. The summed E-state index contributed by atoms with van der Waals surface area (Å²) < 4.78 is 22.8. The van der Waals surface area contributed by atoms with E-state index in [-0.39, 0.29) is 29.2 Å². The number of aromatic carboxylic acids is 1. The average molecular weight is 620 g/mol. The number of carboxylic acid groups (broad SMARTS) is 1. The molecule has 1 saturated heterocycles. The number of ether oxygens (including phenoxy) is 1. The van der Waals surface area contributed by atoms with E-state index in [0.29, 0.717) is 34.6 Å². The molecule has 45 heavy (non-hydrogen) atoms. The summed E-state index contributed by atoms with van der Waals surface area (Å²) in [5, 5.41) is 10.7. The fraction of sp³-hybridized carbons (Fsp3) is 0.194. The lowest BCUT2D eigenvalue weighted by Crippen LogP contribution is -2.36. The SMILES string of the molecule is COc1ccc(F)c(-c2ccc3cc(-c4c(-c5ccccc5)c5sc(C(=O)O)cc5n4CC(=O)N4CCCC4C)ccc3n2)c1. The van der Waals surface area contributed by atoms with Crippen LogP contribution in [0.25, 0.3) is 54.8 Å². The van der Waals surface area contributed by atoms with Crippen LogP contribution in [0.3, 0.4) is 0 Å². The molecule has 0 aliphatic carbocycles. The van der Waals surface area contributed by atoms with Gasteiger partial charge in [-0.2, -0.15) is 0 Å². The van der Waals surface area contributed by atoms with E-state index in [2.05, 4.69) is 6.92 Å². The third-order valence-corrected chi connectivity index (χ3v) is 9.72. The molecule has 6 aromatic rings. The quantitative estimate of drug-likeness (QED) is 0.195. The lowest BCUT2D eigenvalue weighted by Gasteiger charge is -2.23. The molecule has 0 spiro atoms. The van der Waals surface area contributed by atoms with Crippen LogP contribution < -0.4 is 4.74 Å². The predicted octanol–water partition coefficient (Wildman–Crippen LogP) is 8.11. The molecule has 3 aromatic heterocycles. The maximum absolute atomic E-state index is 14.8. The number of methoxy groups -OCH3 is 1. The molecule has 1 aliphatic rings. The van der Waals surface area contributed by atoms with Gasteiger partial charge in [0.2, 0.25) is 5.91 Å². The third kappa shape index (κ3) is 5.13. The van der Waals surface area contributed by atoms with Gasteiger partial charge in [0.25, 0.3) is 0 Å². The largest absolute Gasteiger partial charge is 0.497 e. The first-order valence-electron chi connectivity index (χ1n) is 14.8. The number of likely N-dealkylation sites (tertiary alicyclic amines) is 1. The van der Waals surface area contributed by atoms with Gasteiger partial charge in [-0.15, -0.1) is 11.3 Å². The Morgan fingerprint density at radius 1 is 1.02 bits per heavy atom. The van der Waals surface area contributed by atoms with Gasteiger partial charge in [-0.3, -0.25) is 4.79 Å². The smallest absolute Gasteiger partial charge is 0.345 e. The molecular weight excluding hydrogens is 589 g/mol. The number of hydrogen-bond donors (Lipinski definition) is 1. The fourth-order valence-electron chi connectivity index (χ4n) is 6.35. The highest BCUT2D eigenvalue weighted by Crippen LogP contribution is 2.45. The molecule has 1 fully saturated rings. The van der Waals surface area contributed by atoms with Crippen LogP contribution in [0.15, 0.2) is 84.9 Å². The van der Waals surface area contributed by atoms with E-state index < -0.39 is 5.97 Å². The van der Waals surface area contributed by atoms with E-state index in [4.69, 9.17) is 9.72 Å². The van der Waals surface area contributed by atoms with Crippen molar-refractivity contribution in [2.75, 3.05) is 13.7 Å².